The molecule has 78 valence electrons. The Balaban J connectivity index is 2.42. The van der Waals surface area contributed by atoms with Crippen LogP contribution in [0.4, 0.5) is 0 Å². The highest BCUT2D eigenvalue weighted by Gasteiger charge is 2.33. The van der Waals surface area contributed by atoms with Gasteiger partial charge in [0.15, 0.2) is 5.65 Å². The molecule has 0 spiro atoms. The van der Waals surface area contributed by atoms with Crippen molar-refractivity contribution in [3.63, 3.8) is 0 Å². The number of fused-ring (bicyclic) bond motifs is 3. The van der Waals surface area contributed by atoms with E-state index in [4.69, 9.17) is 11.6 Å². The molecule has 2 aromatic rings. The van der Waals surface area contributed by atoms with Crippen LogP contribution in [0.3, 0.4) is 0 Å². The molecule has 0 saturated carbocycles. The maximum Gasteiger partial charge on any atom is 0.159 e. The average molecular weight is 222 g/mol. The minimum absolute atomic E-state index is 0.189. The van der Waals surface area contributed by atoms with Crippen LogP contribution < -0.4 is 0 Å². The number of hydrogen-bond donors (Lipinski definition) is 0. The Kier molecular flexibility index (Phi) is 1.67. The molecule has 2 aromatic heterocycles. The molecule has 0 bridgehead atoms. The van der Waals surface area contributed by atoms with Gasteiger partial charge in [0.05, 0.1) is 12.4 Å². The molecule has 1 aliphatic carbocycles. The van der Waals surface area contributed by atoms with E-state index >= 15 is 0 Å². The average Bonchev–Trinajstić information content (AvgIpc) is 2.65. The van der Waals surface area contributed by atoms with E-state index in [1.807, 2.05) is 6.20 Å². The third-order valence-corrected chi connectivity index (χ3v) is 3.42. The van der Waals surface area contributed by atoms with E-state index in [9.17, 15) is 0 Å². The van der Waals surface area contributed by atoms with Gasteiger partial charge in [-0.1, -0.05) is 25.4 Å². The van der Waals surface area contributed by atoms with Crippen molar-refractivity contribution in [2.24, 2.45) is 0 Å². The number of hydrogen-bond acceptors (Lipinski definition) is 2. The third-order valence-electron chi connectivity index (χ3n) is 3.24. The molecule has 3 nitrogen and oxygen atoms in total. The van der Waals surface area contributed by atoms with Gasteiger partial charge in [-0.2, -0.15) is 5.10 Å². The molecule has 15 heavy (non-hydrogen) atoms. The van der Waals surface area contributed by atoms with Crippen molar-refractivity contribution in [3.8, 4) is 0 Å². The van der Waals surface area contributed by atoms with E-state index in [1.165, 1.54) is 11.1 Å². The minimum atomic E-state index is 0.189. The fourth-order valence-electron chi connectivity index (χ4n) is 2.44. The first-order valence-electron chi connectivity index (χ1n) is 5.11. The second-order valence-electron chi connectivity index (χ2n) is 4.76. The monoisotopic (exact) mass is 221 g/mol. The first-order chi connectivity index (χ1) is 7.08. The lowest BCUT2D eigenvalue weighted by Crippen LogP contribution is -2.14. The number of aromatic nitrogens is 3. The molecule has 0 aromatic carbocycles. The largest absolute Gasteiger partial charge is 0.219 e. The summed E-state index contributed by atoms with van der Waals surface area (Å²) in [7, 11) is 0. The van der Waals surface area contributed by atoms with Crippen LogP contribution in [0.5, 0.6) is 0 Å². The lowest BCUT2D eigenvalue weighted by molar-refractivity contribution is 0.523. The second kappa shape index (κ2) is 2.73. The second-order valence-corrected chi connectivity index (χ2v) is 5.15. The lowest BCUT2D eigenvalue weighted by atomic mass is 9.87. The summed E-state index contributed by atoms with van der Waals surface area (Å²) in [6, 6.07) is 0. The van der Waals surface area contributed by atoms with Crippen molar-refractivity contribution in [1.82, 2.24) is 14.6 Å². The third kappa shape index (κ3) is 1.19. The predicted octanol–water partition coefficient (Wildman–Crippen LogP) is 2.61. The van der Waals surface area contributed by atoms with Gasteiger partial charge in [0, 0.05) is 5.56 Å². The molecular weight excluding hydrogens is 210 g/mol. The van der Waals surface area contributed by atoms with Gasteiger partial charge in [0.2, 0.25) is 0 Å². The summed E-state index contributed by atoms with van der Waals surface area (Å²) in [6.45, 7) is 4.50. The van der Waals surface area contributed by atoms with E-state index in [0.717, 1.165) is 18.5 Å². The van der Waals surface area contributed by atoms with E-state index in [2.05, 4.69) is 23.9 Å². The smallest absolute Gasteiger partial charge is 0.159 e. The molecule has 2 heterocycles. The molecule has 0 unspecified atom stereocenters. The summed E-state index contributed by atoms with van der Waals surface area (Å²) in [5.74, 6) is 0. The molecule has 0 radical (unpaired) electrons. The topological polar surface area (TPSA) is 30.2 Å². The molecule has 0 amide bonds. The van der Waals surface area contributed by atoms with E-state index in [0.29, 0.717) is 5.15 Å². The van der Waals surface area contributed by atoms with Crippen molar-refractivity contribution in [1.29, 1.82) is 0 Å². The summed E-state index contributed by atoms with van der Waals surface area (Å²) in [6.07, 6.45) is 5.95. The minimum Gasteiger partial charge on any atom is -0.219 e. The molecule has 0 aliphatic heterocycles. The first kappa shape index (κ1) is 9.16. The van der Waals surface area contributed by atoms with Gasteiger partial charge >= 0.3 is 0 Å². The van der Waals surface area contributed by atoms with Crippen LogP contribution in [0.25, 0.3) is 5.65 Å². The van der Waals surface area contributed by atoms with E-state index in [-0.39, 0.29) is 5.41 Å². The van der Waals surface area contributed by atoms with Crippen LogP contribution in [0.2, 0.25) is 5.15 Å². The molecule has 1 aliphatic rings. The Morgan fingerprint density at radius 2 is 2.27 bits per heavy atom. The van der Waals surface area contributed by atoms with Gasteiger partial charge in [0.1, 0.15) is 5.15 Å². The van der Waals surface area contributed by atoms with Gasteiger partial charge in [-0.05, 0) is 23.8 Å². The van der Waals surface area contributed by atoms with Crippen molar-refractivity contribution in [3.05, 3.63) is 28.7 Å². The molecule has 0 fully saturated rings. The van der Waals surface area contributed by atoms with Crippen LogP contribution in [-0.2, 0) is 11.8 Å². The van der Waals surface area contributed by atoms with Crippen LogP contribution >= 0.6 is 11.6 Å². The highest BCUT2D eigenvalue weighted by Crippen LogP contribution is 2.40. The summed E-state index contributed by atoms with van der Waals surface area (Å²) in [4.78, 5) is 4.35. The number of rotatable bonds is 0. The SMILES string of the molecule is CC1(C)CCc2cnn3cc(Cl)nc3c21. The maximum absolute atomic E-state index is 5.91. The van der Waals surface area contributed by atoms with Crippen molar-refractivity contribution in [2.45, 2.75) is 32.1 Å². The molecular formula is C11H12ClN3. The Bertz CT molecular complexity index is 542. The normalized spacial score (nSPS) is 18.3. The van der Waals surface area contributed by atoms with Gasteiger partial charge in [-0.25, -0.2) is 9.50 Å². The molecule has 0 saturated heterocycles. The van der Waals surface area contributed by atoms with Crippen LogP contribution in [0.1, 0.15) is 31.4 Å². The quantitative estimate of drug-likeness (QED) is 0.685. The number of halogens is 1. The Labute approximate surface area is 93.1 Å². The fraction of sp³-hybridized carbons (Fsp3) is 0.455. The zero-order chi connectivity index (χ0) is 10.6. The zero-order valence-corrected chi connectivity index (χ0v) is 9.54. The van der Waals surface area contributed by atoms with Gasteiger partial charge in [0.25, 0.3) is 0 Å². The summed E-state index contributed by atoms with van der Waals surface area (Å²) in [5.41, 5.74) is 3.73. The standard InChI is InChI=1S/C11H12ClN3/c1-11(2)4-3-7-5-13-15-6-8(12)14-10(15)9(7)11/h5-6H,3-4H2,1-2H3. The van der Waals surface area contributed by atoms with E-state index < -0.39 is 0 Å². The van der Waals surface area contributed by atoms with Gasteiger partial charge < -0.3 is 0 Å². The maximum atomic E-state index is 5.91. The van der Waals surface area contributed by atoms with Crippen molar-refractivity contribution < 1.29 is 0 Å². The number of imidazole rings is 1. The van der Waals surface area contributed by atoms with Gasteiger partial charge in [-0.3, -0.25) is 0 Å². The van der Waals surface area contributed by atoms with Crippen molar-refractivity contribution in [2.75, 3.05) is 0 Å². The fourth-order valence-corrected chi connectivity index (χ4v) is 2.61. The molecule has 0 N–H and O–H groups in total. The van der Waals surface area contributed by atoms with Gasteiger partial charge in [-0.15, -0.1) is 0 Å². The summed E-state index contributed by atoms with van der Waals surface area (Å²) in [5, 5.41) is 4.82. The lowest BCUT2D eigenvalue weighted by Gasteiger charge is -2.18. The highest BCUT2D eigenvalue weighted by molar-refractivity contribution is 6.29. The molecule has 4 heteroatoms. The van der Waals surface area contributed by atoms with Crippen LogP contribution in [-0.4, -0.2) is 14.6 Å². The van der Waals surface area contributed by atoms with E-state index in [1.54, 1.807) is 10.7 Å². The zero-order valence-electron chi connectivity index (χ0n) is 8.79. The summed E-state index contributed by atoms with van der Waals surface area (Å²) >= 11 is 5.91. The molecule has 0 atom stereocenters. The van der Waals surface area contributed by atoms with Crippen LogP contribution in [0.15, 0.2) is 12.4 Å². The Hall–Kier alpha value is -1.09. The Morgan fingerprint density at radius 1 is 1.47 bits per heavy atom. The summed E-state index contributed by atoms with van der Waals surface area (Å²) < 4.78 is 1.77. The predicted molar refractivity (Wildman–Crippen MR) is 59.3 cm³/mol. The highest BCUT2D eigenvalue weighted by atomic mass is 35.5. The first-order valence-corrected chi connectivity index (χ1v) is 5.49. The number of aryl methyl sites for hydroxylation is 1. The van der Waals surface area contributed by atoms with Crippen LogP contribution in [0, 0.1) is 0 Å². The molecule has 3 rings (SSSR count). The Morgan fingerprint density at radius 3 is 3.07 bits per heavy atom. The number of nitrogens with zero attached hydrogens (tertiary/aromatic N) is 3. The van der Waals surface area contributed by atoms with Crippen molar-refractivity contribution >= 4 is 17.2 Å².